The molecule has 0 radical (unpaired) electrons. The van der Waals surface area contributed by atoms with E-state index in [1.807, 2.05) is 48.5 Å². The molecule has 0 aromatic heterocycles. The molecule has 2 aromatic carbocycles. The predicted octanol–water partition coefficient (Wildman–Crippen LogP) is 3.35. The fraction of sp³-hybridized carbons (Fsp3) is 0.133. The van der Waals surface area contributed by atoms with Crippen LogP contribution >= 0.6 is 12.4 Å². The van der Waals surface area contributed by atoms with Crippen molar-refractivity contribution in [1.82, 2.24) is 0 Å². The van der Waals surface area contributed by atoms with Crippen molar-refractivity contribution in [2.24, 2.45) is 0 Å². The van der Waals surface area contributed by atoms with Crippen LogP contribution in [0.4, 0.5) is 5.69 Å². The van der Waals surface area contributed by atoms with Crippen LogP contribution in [0.2, 0.25) is 0 Å². The first-order chi connectivity index (χ1) is 8.74. The molecule has 0 aliphatic carbocycles. The third-order valence-corrected chi connectivity index (χ3v) is 2.85. The second kappa shape index (κ2) is 6.67. The Balaban J connectivity index is 0.00000180. The molecule has 2 aromatic rings. The number of rotatable bonds is 3. The van der Waals surface area contributed by atoms with E-state index in [2.05, 4.69) is 6.07 Å². The molecule has 98 valence electrons. The topological polar surface area (TPSA) is 59.0 Å². The first kappa shape index (κ1) is 14.9. The van der Waals surface area contributed by atoms with Crippen LogP contribution in [0.3, 0.4) is 0 Å². The molecule has 0 amide bonds. The molecule has 0 spiro atoms. The Labute approximate surface area is 119 Å². The summed E-state index contributed by atoms with van der Waals surface area (Å²) in [5.41, 5.74) is 8.23. The lowest BCUT2D eigenvalue weighted by molar-refractivity contribution is 0.414. The predicted molar refractivity (Wildman–Crippen MR) is 78.6 cm³/mol. The Morgan fingerprint density at radius 1 is 1.00 bits per heavy atom. The van der Waals surface area contributed by atoms with Crippen LogP contribution in [0.25, 0.3) is 0 Å². The summed E-state index contributed by atoms with van der Waals surface area (Å²) < 4.78 is 5.10. The molecule has 1 atom stereocenters. The van der Waals surface area contributed by atoms with E-state index in [4.69, 9.17) is 10.5 Å². The molecular weight excluding hydrogens is 260 g/mol. The van der Waals surface area contributed by atoms with Crippen LogP contribution in [0, 0.1) is 11.3 Å². The zero-order valence-electron chi connectivity index (χ0n) is 10.5. The van der Waals surface area contributed by atoms with Crippen molar-refractivity contribution in [3.8, 4) is 11.8 Å². The number of nitriles is 1. The second-order valence-electron chi connectivity index (χ2n) is 4.00. The third-order valence-electron chi connectivity index (χ3n) is 2.85. The van der Waals surface area contributed by atoms with E-state index in [1.54, 1.807) is 7.11 Å². The van der Waals surface area contributed by atoms with E-state index in [0.29, 0.717) is 5.69 Å². The van der Waals surface area contributed by atoms with Gasteiger partial charge in [0, 0.05) is 5.69 Å². The van der Waals surface area contributed by atoms with Crippen LogP contribution in [0.1, 0.15) is 17.0 Å². The molecule has 2 rings (SSSR count). The Bertz CT molecular complexity index is 558. The molecule has 2 N–H and O–H groups in total. The summed E-state index contributed by atoms with van der Waals surface area (Å²) in [6.45, 7) is 0. The fourth-order valence-electron chi connectivity index (χ4n) is 1.83. The van der Waals surface area contributed by atoms with Crippen molar-refractivity contribution in [2.75, 3.05) is 12.8 Å². The minimum Gasteiger partial charge on any atom is -0.497 e. The van der Waals surface area contributed by atoms with Gasteiger partial charge in [0.2, 0.25) is 0 Å². The smallest absolute Gasteiger partial charge is 0.118 e. The molecule has 0 aliphatic heterocycles. The van der Waals surface area contributed by atoms with Crippen LogP contribution in [-0.2, 0) is 0 Å². The van der Waals surface area contributed by atoms with Gasteiger partial charge in [-0.05, 0) is 35.4 Å². The van der Waals surface area contributed by atoms with Crippen molar-refractivity contribution in [2.45, 2.75) is 5.92 Å². The molecule has 0 saturated heterocycles. The molecule has 0 bridgehead atoms. The zero-order chi connectivity index (χ0) is 13.0. The first-order valence-corrected chi connectivity index (χ1v) is 5.63. The number of hydrogen-bond donors (Lipinski definition) is 1. The maximum absolute atomic E-state index is 9.32. The van der Waals surface area contributed by atoms with E-state index in [9.17, 15) is 5.26 Å². The molecule has 19 heavy (non-hydrogen) atoms. The average molecular weight is 275 g/mol. The van der Waals surface area contributed by atoms with Gasteiger partial charge in [-0.2, -0.15) is 5.26 Å². The first-order valence-electron chi connectivity index (χ1n) is 5.63. The highest BCUT2D eigenvalue weighted by Crippen LogP contribution is 2.26. The van der Waals surface area contributed by atoms with Crippen molar-refractivity contribution in [3.05, 3.63) is 59.7 Å². The highest BCUT2D eigenvalue weighted by atomic mass is 35.5. The number of methoxy groups -OCH3 is 1. The number of halogens is 1. The maximum atomic E-state index is 9.32. The van der Waals surface area contributed by atoms with Crippen LogP contribution in [-0.4, -0.2) is 7.11 Å². The van der Waals surface area contributed by atoms with Crippen molar-refractivity contribution < 1.29 is 4.74 Å². The van der Waals surface area contributed by atoms with E-state index in [0.717, 1.165) is 16.9 Å². The summed E-state index contributed by atoms with van der Waals surface area (Å²) in [6.07, 6.45) is 0. The van der Waals surface area contributed by atoms with E-state index < -0.39 is 0 Å². The minimum atomic E-state index is -0.281. The number of nitrogen functional groups attached to an aromatic ring is 1. The van der Waals surface area contributed by atoms with Gasteiger partial charge in [-0.15, -0.1) is 12.4 Å². The van der Waals surface area contributed by atoms with Crippen molar-refractivity contribution in [1.29, 1.82) is 5.26 Å². The maximum Gasteiger partial charge on any atom is 0.118 e. The Morgan fingerprint density at radius 3 is 1.89 bits per heavy atom. The number of hydrogen-bond acceptors (Lipinski definition) is 3. The van der Waals surface area contributed by atoms with Gasteiger partial charge in [-0.25, -0.2) is 0 Å². The highest BCUT2D eigenvalue weighted by Gasteiger charge is 2.12. The summed E-state index contributed by atoms with van der Waals surface area (Å²) >= 11 is 0. The van der Waals surface area contributed by atoms with Gasteiger partial charge in [-0.3, -0.25) is 0 Å². The molecule has 0 saturated carbocycles. The Morgan fingerprint density at radius 2 is 1.47 bits per heavy atom. The molecular formula is C15H15ClN2O. The minimum absolute atomic E-state index is 0. The van der Waals surface area contributed by atoms with Gasteiger partial charge in [0.1, 0.15) is 5.75 Å². The number of nitrogens with zero attached hydrogens (tertiary/aromatic N) is 1. The SMILES string of the molecule is COc1ccc(C(C#N)c2ccc(N)cc2)cc1.Cl. The Kier molecular flexibility index (Phi) is 5.23. The molecule has 0 aliphatic rings. The lowest BCUT2D eigenvalue weighted by Crippen LogP contribution is -1.98. The average Bonchev–Trinajstić information content (AvgIpc) is 2.42. The van der Waals surface area contributed by atoms with Gasteiger partial charge in [0.15, 0.2) is 0 Å². The third kappa shape index (κ3) is 3.40. The highest BCUT2D eigenvalue weighted by molar-refractivity contribution is 5.85. The summed E-state index contributed by atoms with van der Waals surface area (Å²) in [7, 11) is 1.62. The monoisotopic (exact) mass is 274 g/mol. The standard InChI is InChI=1S/C15H14N2O.ClH/c1-18-14-8-4-12(5-9-14)15(10-16)11-2-6-13(17)7-3-11;/h2-9,15H,17H2,1H3;1H. The summed E-state index contributed by atoms with van der Waals surface area (Å²) in [5.74, 6) is 0.504. The van der Waals surface area contributed by atoms with Gasteiger partial charge < -0.3 is 10.5 Å². The van der Waals surface area contributed by atoms with Gasteiger partial charge >= 0.3 is 0 Å². The van der Waals surface area contributed by atoms with E-state index >= 15 is 0 Å². The number of nitrogens with two attached hydrogens (primary N) is 1. The zero-order valence-corrected chi connectivity index (χ0v) is 11.4. The fourth-order valence-corrected chi connectivity index (χ4v) is 1.83. The lowest BCUT2D eigenvalue weighted by atomic mass is 9.92. The molecule has 1 unspecified atom stereocenters. The van der Waals surface area contributed by atoms with E-state index in [-0.39, 0.29) is 18.3 Å². The number of ether oxygens (including phenoxy) is 1. The van der Waals surface area contributed by atoms with Crippen molar-refractivity contribution in [3.63, 3.8) is 0 Å². The lowest BCUT2D eigenvalue weighted by Gasteiger charge is -2.10. The number of benzene rings is 2. The van der Waals surface area contributed by atoms with Crippen LogP contribution in [0.15, 0.2) is 48.5 Å². The normalized spacial score (nSPS) is 10.9. The Hall–Kier alpha value is -2.18. The largest absolute Gasteiger partial charge is 0.497 e. The van der Waals surface area contributed by atoms with Gasteiger partial charge in [0.25, 0.3) is 0 Å². The van der Waals surface area contributed by atoms with Crippen LogP contribution in [0.5, 0.6) is 5.75 Å². The van der Waals surface area contributed by atoms with Gasteiger partial charge in [0.05, 0.1) is 19.1 Å². The molecule has 4 heteroatoms. The molecule has 0 heterocycles. The summed E-state index contributed by atoms with van der Waals surface area (Å²) in [5, 5.41) is 9.32. The summed E-state index contributed by atoms with van der Waals surface area (Å²) in [6, 6.07) is 17.2. The number of anilines is 1. The summed E-state index contributed by atoms with van der Waals surface area (Å²) in [4.78, 5) is 0. The van der Waals surface area contributed by atoms with Gasteiger partial charge in [-0.1, -0.05) is 24.3 Å². The molecule has 0 fully saturated rings. The van der Waals surface area contributed by atoms with Crippen molar-refractivity contribution >= 4 is 18.1 Å². The van der Waals surface area contributed by atoms with E-state index in [1.165, 1.54) is 0 Å². The quantitative estimate of drug-likeness (QED) is 0.873. The van der Waals surface area contributed by atoms with Crippen LogP contribution < -0.4 is 10.5 Å². The molecule has 3 nitrogen and oxygen atoms in total. The second-order valence-corrected chi connectivity index (χ2v) is 4.00.